The fourth-order valence-corrected chi connectivity index (χ4v) is 3.65. The number of rotatable bonds is 4. The molecule has 0 aromatic heterocycles. The minimum atomic E-state index is 0.182. The molecule has 0 fully saturated rings. The van der Waals surface area contributed by atoms with Crippen LogP contribution in [0.25, 0.3) is 16.7 Å². The van der Waals surface area contributed by atoms with Gasteiger partial charge in [-0.2, -0.15) is 0 Å². The molecule has 0 spiro atoms. The Balaban J connectivity index is 2.38. The third-order valence-corrected chi connectivity index (χ3v) is 6.18. The summed E-state index contributed by atoms with van der Waals surface area (Å²) in [6.45, 7) is 18.1. The van der Waals surface area contributed by atoms with Gasteiger partial charge in [0.15, 0.2) is 0 Å². The van der Waals surface area contributed by atoms with E-state index in [0.29, 0.717) is 5.92 Å². The molecule has 1 atom stereocenters. The Morgan fingerprint density at radius 1 is 0.893 bits per heavy atom. The molecule has 2 rings (SSSR count). The van der Waals surface area contributed by atoms with Crippen molar-refractivity contribution in [3.8, 4) is 11.1 Å². The molecule has 0 radical (unpaired) electrons. The molecule has 28 heavy (non-hydrogen) atoms. The molecule has 2 aromatic carbocycles. The van der Waals surface area contributed by atoms with Gasteiger partial charge in [-0.25, -0.2) is 0 Å². The van der Waals surface area contributed by atoms with Gasteiger partial charge >= 0.3 is 0 Å². The minimum absolute atomic E-state index is 0.182. The maximum Gasteiger partial charge on any atom is 0.0142 e. The number of hydrogen-bond donors (Lipinski definition) is 0. The Kier molecular flexibility index (Phi) is 7.36. The van der Waals surface area contributed by atoms with Crippen LogP contribution in [-0.2, 0) is 5.41 Å². The van der Waals surface area contributed by atoms with Gasteiger partial charge in [-0.1, -0.05) is 91.0 Å². The van der Waals surface area contributed by atoms with Crippen molar-refractivity contribution in [1.29, 1.82) is 0 Å². The van der Waals surface area contributed by atoms with E-state index >= 15 is 0 Å². The molecule has 0 heterocycles. The maximum absolute atomic E-state index is 2.43. The summed E-state index contributed by atoms with van der Waals surface area (Å²) in [6, 6.07) is 15.9. The lowest BCUT2D eigenvalue weighted by Gasteiger charge is -2.24. The Morgan fingerprint density at radius 2 is 1.50 bits per heavy atom. The average Bonchev–Trinajstić information content (AvgIpc) is 2.60. The second-order valence-electron chi connectivity index (χ2n) is 9.81. The summed E-state index contributed by atoms with van der Waals surface area (Å²) in [5.74, 6) is 0.523. The van der Waals surface area contributed by atoms with E-state index in [1.54, 1.807) is 0 Å². The molecule has 0 bridgehead atoms. The first-order chi connectivity index (χ1) is 12.9. The van der Waals surface area contributed by atoms with Crippen LogP contribution in [0.2, 0.25) is 0 Å². The first-order valence-electron chi connectivity index (χ1n) is 10.2. The highest BCUT2D eigenvalue weighted by molar-refractivity contribution is 14.1. The van der Waals surface area contributed by atoms with Crippen molar-refractivity contribution in [3.05, 3.63) is 75.4 Å². The molecule has 0 N–H and O–H groups in total. The first-order valence-corrected chi connectivity index (χ1v) is 11.3. The summed E-state index contributed by atoms with van der Waals surface area (Å²) in [7, 11) is 0. The van der Waals surface area contributed by atoms with Gasteiger partial charge in [-0.15, -0.1) is 0 Å². The zero-order chi connectivity index (χ0) is 21.1. The van der Waals surface area contributed by atoms with Crippen molar-refractivity contribution in [2.45, 2.75) is 60.8 Å². The van der Waals surface area contributed by atoms with Crippen LogP contribution in [0.1, 0.15) is 66.5 Å². The van der Waals surface area contributed by atoms with Crippen LogP contribution in [0.3, 0.4) is 0 Å². The monoisotopic (exact) mass is 486 g/mol. The quantitative estimate of drug-likeness (QED) is 0.299. The van der Waals surface area contributed by atoms with E-state index < -0.39 is 0 Å². The highest BCUT2D eigenvalue weighted by atomic mass is 127. The topological polar surface area (TPSA) is 0 Å². The smallest absolute Gasteiger partial charge is 0.0142 e. The Bertz CT molecular complexity index is 853. The highest BCUT2D eigenvalue weighted by Gasteiger charge is 2.17. The summed E-state index contributed by atoms with van der Waals surface area (Å²) < 4.78 is 1.27. The summed E-state index contributed by atoms with van der Waals surface area (Å²) in [6.07, 6.45) is 6.84. The van der Waals surface area contributed by atoms with Gasteiger partial charge in [-0.3, -0.25) is 0 Å². The van der Waals surface area contributed by atoms with Gasteiger partial charge in [0.05, 0.1) is 0 Å². The summed E-state index contributed by atoms with van der Waals surface area (Å²) >= 11 is 2.43. The molecule has 0 saturated carbocycles. The summed E-state index contributed by atoms with van der Waals surface area (Å²) in [4.78, 5) is 0. The van der Waals surface area contributed by atoms with Crippen LogP contribution < -0.4 is 0 Å². The van der Waals surface area contributed by atoms with E-state index in [-0.39, 0.29) is 10.8 Å². The average molecular weight is 486 g/mol. The predicted octanol–water partition coefficient (Wildman–Crippen LogP) is 8.90. The Morgan fingerprint density at radius 3 is 2.00 bits per heavy atom. The van der Waals surface area contributed by atoms with E-state index in [4.69, 9.17) is 0 Å². The first kappa shape index (κ1) is 22.9. The number of allylic oxidation sites excluding steroid dienone is 4. The third-order valence-electron chi connectivity index (χ3n) is 5.56. The molecule has 0 aliphatic heterocycles. The molecule has 2 aromatic rings. The van der Waals surface area contributed by atoms with Crippen molar-refractivity contribution >= 4 is 28.2 Å². The lowest BCUT2D eigenvalue weighted by molar-refractivity contribution is 0.314. The zero-order valence-electron chi connectivity index (χ0n) is 18.7. The second kappa shape index (κ2) is 8.98. The van der Waals surface area contributed by atoms with Gasteiger partial charge in [-0.05, 0) is 92.3 Å². The normalized spacial score (nSPS) is 14.5. The lowest BCUT2D eigenvalue weighted by atomic mass is 9.81. The maximum atomic E-state index is 2.43. The molecule has 150 valence electrons. The van der Waals surface area contributed by atoms with Gasteiger partial charge < -0.3 is 0 Å². The third kappa shape index (κ3) is 6.07. The molecule has 1 unspecified atom stereocenters. The summed E-state index contributed by atoms with van der Waals surface area (Å²) in [5, 5.41) is 0. The van der Waals surface area contributed by atoms with Crippen LogP contribution in [-0.4, -0.2) is 0 Å². The second-order valence-corrected chi connectivity index (χ2v) is 11.1. The fourth-order valence-electron chi connectivity index (χ4n) is 2.98. The van der Waals surface area contributed by atoms with Crippen molar-refractivity contribution in [2.75, 3.05) is 0 Å². The molecular weight excluding hydrogens is 451 g/mol. The fraction of sp³-hybridized carbons (Fsp3) is 0.407. The van der Waals surface area contributed by atoms with Crippen LogP contribution >= 0.6 is 22.6 Å². The van der Waals surface area contributed by atoms with Gasteiger partial charge in [0, 0.05) is 3.57 Å². The van der Waals surface area contributed by atoms with E-state index in [9.17, 15) is 0 Å². The lowest BCUT2D eigenvalue weighted by Crippen LogP contribution is -2.14. The van der Waals surface area contributed by atoms with E-state index in [2.05, 4.69) is 139 Å². The number of hydrogen-bond acceptors (Lipinski definition) is 0. The highest BCUT2D eigenvalue weighted by Crippen LogP contribution is 2.31. The predicted molar refractivity (Wildman–Crippen MR) is 135 cm³/mol. The molecule has 1 heteroatoms. The standard InChI is InChI=1S/C27H35I/c1-9-20(11-10-19(2)26(3,4)5)22-16-23(18-25(28)17-22)21-12-14-24(15-13-21)27(6,7)8/h9-19H,1-8H3/b11-10-,20-9+. The van der Waals surface area contributed by atoms with Crippen molar-refractivity contribution < 1.29 is 0 Å². The number of benzene rings is 2. The van der Waals surface area contributed by atoms with Gasteiger partial charge in [0.25, 0.3) is 0 Å². The van der Waals surface area contributed by atoms with Crippen LogP contribution in [0, 0.1) is 14.9 Å². The molecule has 0 amide bonds. The van der Waals surface area contributed by atoms with Crippen LogP contribution in [0.15, 0.2) is 60.7 Å². The van der Waals surface area contributed by atoms with Gasteiger partial charge in [0.1, 0.15) is 0 Å². The molecule has 0 nitrogen and oxygen atoms in total. The zero-order valence-corrected chi connectivity index (χ0v) is 20.9. The van der Waals surface area contributed by atoms with E-state index in [0.717, 1.165) is 0 Å². The van der Waals surface area contributed by atoms with Gasteiger partial charge in [0.2, 0.25) is 0 Å². The molecule has 0 aliphatic rings. The Hall–Kier alpha value is -1.35. The molecular formula is C27H35I. The molecule has 0 saturated heterocycles. The van der Waals surface area contributed by atoms with Crippen molar-refractivity contribution in [1.82, 2.24) is 0 Å². The minimum Gasteiger partial charge on any atom is -0.0806 e. The molecule has 0 aliphatic carbocycles. The largest absolute Gasteiger partial charge is 0.0806 e. The SMILES string of the molecule is C/C=C(\C=C/C(C)C(C)(C)C)c1cc(I)cc(-c2ccc(C(C)(C)C)cc2)c1. The van der Waals surface area contributed by atoms with E-state index in [1.165, 1.54) is 31.4 Å². The van der Waals surface area contributed by atoms with E-state index in [1.807, 2.05) is 0 Å². The van der Waals surface area contributed by atoms with Crippen LogP contribution in [0.5, 0.6) is 0 Å². The number of halogens is 1. The van der Waals surface area contributed by atoms with Crippen molar-refractivity contribution in [3.63, 3.8) is 0 Å². The van der Waals surface area contributed by atoms with Crippen molar-refractivity contribution in [2.24, 2.45) is 11.3 Å². The Labute approximate surface area is 186 Å². The van der Waals surface area contributed by atoms with Crippen LogP contribution in [0.4, 0.5) is 0 Å². The summed E-state index contributed by atoms with van der Waals surface area (Å²) in [5.41, 5.74) is 6.94.